The second-order valence-corrected chi connectivity index (χ2v) is 8.84. The number of rotatable bonds is 6. The summed E-state index contributed by atoms with van der Waals surface area (Å²) in [5.74, 6) is -0.179. The number of hydrogen-bond donors (Lipinski definition) is 6. The molecule has 4 rings (SSSR count). The number of halogens is 1. The number of nitrogens with two attached hydrogens (primary N) is 1. The van der Waals surface area contributed by atoms with Crippen molar-refractivity contribution in [3.63, 3.8) is 0 Å². The molecule has 0 unspecified atom stereocenters. The zero-order valence-corrected chi connectivity index (χ0v) is 17.9. The smallest absolute Gasteiger partial charge is 0.387 e. The van der Waals surface area contributed by atoms with Gasteiger partial charge >= 0.3 is 13.5 Å². The van der Waals surface area contributed by atoms with Gasteiger partial charge < -0.3 is 30.5 Å². The summed E-state index contributed by atoms with van der Waals surface area (Å²) in [5.41, 5.74) is 6.02. The number of nitrogens with one attached hydrogen (secondary N) is 1. The molecular formula is C17H20ClN5O8P+. The van der Waals surface area contributed by atoms with Crippen LogP contribution in [-0.4, -0.2) is 59.5 Å². The molecule has 32 heavy (non-hydrogen) atoms. The van der Waals surface area contributed by atoms with Gasteiger partial charge in [-0.15, -0.1) is 0 Å². The van der Waals surface area contributed by atoms with Gasteiger partial charge in [0.1, 0.15) is 18.3 Å². The number of phosphoric acid groups is 1. The minimum absolute atomic E-state index is 0.0612. The van der Waals surface area contributed by atoms with Gasteiger partial charge in [-0.1, -0.05) is 34.8 Å². The largest absolute Gasteiger partial charge is 0.469 e. The maximum atomic E-state index is 12.6. The van der Waals surface area contributed by atoms with Crippen molar-refractivity contribution in [2.75, 3.05) is 12.3 Å². The minimum Gasteiger partial charge on any atom is -0.387 e. The first-order chi connectivity index (χ1) is 15.0. The molecule has 0 aliphatic carbocycles. The number of nitrogens with zero attached hydrogens (tertiary/aromatic N) is 3. The zero-order chi connectivity index (χ0) is 23.2. The highest BCUT2D eigenvalue weighted by Gasteiger charge is 2.47. The molecule has 7 N–H and O–H groups in total. The number of aromatic amines is 1. The first-order valence-corrected chi connectivity index (χ1v) is 11.2. The molecule has 3 heterocycles. The lowest BCUT2D eigenvalue weighted by Gasteiger charge is -2.14. The van der Waals surface area contributed by atoms with Gasteiger partial charge in [0.15, 0.2) is 6.33 Å². The summed E-state index contributed by atoms with van der Waals surface area (Å²) in [6.07, 6.45) is -4.11. The fourth-order valence-electron chi connectivity index (χ4n) is 3.56. The number of imidazole rings is 1. The Morgan fingerprint density at radius 3 is 2.72 bits per heavy atom. The van der Waals surface area contributed by atoms with Gasteiger partial charge in [-0.05, 0) is 6.07 Å². The van der Waals surface area contributed by atoms with Crippen molar-refractivity contribution in [3.8, 4) is 0 Å². The maximum absolute atomic E-state index is 12.6. The van der Waals surface area contributed by atoms with Gasteiger partial charge in [-0.2, -0.15) is 0 Å². The number of H-pyrrole nitrogens is 1. The van der Waals surface area contributed by atoms with E-state index in [1.165, 1.54) is 15.5 Å². The predicted molar refractivity (Wildman–Crippen MR) is 109 cm³/mol. The van der Waals surface area contributed by atoms with E-state index in [1.807, 2.05) is 0 Å². The van der Waals surface area contributed by atoms with E-state index in [0.29, 0.717) is 10.6 Å². The number of anilines is 1. The lowest BCUT2D eigenvalue weighted by molar-refractivity contribution is -0.745. The average Bonchev–Trinajstić information content (AvgIpc) is 3.19. The number of phosphoric ester groups is 1. The first kappa shape index (κ1) is 22.8. The van der Waals surface area contributed by atoms with Crippen LogP contribution in [0, 0.1) is 0 Å². The molecule has 13 nitrogen and oxygen atoms in total. The molecule has 1 fully saturated rings. The highest BCUT2D eigenvalue weighted by Crippen LogP contribution is 2.37. The Bertz CT molecular complexity index is 1260. The number of ether oxygens (including phenoxy) is 1. The molecule has 0 bridgehead atoms. The van der Waals surface area contributed by atoms with Crippen LogP contribution in [0.1, 0.15) is 11.8 Å². The summed E-state index contributed by atoms with van der Waals surface area (Å²) < 4.78 is 23.8. The Balaban J connectivity index is 1.75. The Morgan fingerprint density at radius 2 is 2.03 bits per heavy atom. The van der Waals surface area contributed by atoms with E-state index in [1.54, 1.807) is 24.3 Å². The van der Waals surface area contributed by atoms with E-state index in [0.717, 1.165) is 0 Å². The summed E-state index contributed by atoms with van der Waals surface area (Å²) in [6.45, 7) is -0.498. The van der Waals surface area contributed by atoms with Crippen LogP contribution in [0.3, 0.4) is 0 Å². The van der Waals surface area contributed by atoms with Gasteiger partial charge in [0, 0.05) is 10.6 Å². The zero-order valence-electron chi connectivity index (χ0n) is 16.3. The standard InChI is InChI=1S/C17H19ClN5O8P/c18-9-4-2-1-3-8(9)5-22-7-23(14-11(22)15(26)21-17(19)20-14)16-13(25)12(24)10(31-16)6-30-32(27,28)29/h1-4,7,10,12-13,16,24-25H,5-6H2,(H4-,19,20,21,26,27,28,29)/p+1/t10-,12-,13-,16-/m1/s1. The fraction of sp³-hybridized carbons (Fsp3) is 0.353. The van der Waals surface area contributed by atoms with Gasteiger partial charge in [-0.25, -0.2) is 9.13 Å². The summed E-state index contributed by atoms with van der Waals surface area (Å²) in [5, 5.41) is 21.3. The van der Waals surface area contributed by atoms with Crippen LogP contribution in [0.25, 0.3) is 11.2 Å². The Hall–Kier alpha value is -2.35. The van der Waals surface area contributed by atoms with Crippen molar-refractivity contribution in [1.29, 1.82) is 0 Å². The SMILES string of the molecule is Nc1nc2c(c(=O)[nH]1)n(Cc1ccccc1Cl)c[n+]2[C@@H]1O[C@H](COP(=O)(O)O)[C@@H](O)[C@H]1O. The van der Waals surface area contributed by atoms with Crippen molar-refractivity contribution < 1.29 is 38.4 Å². The van der Waals surface area contributed by atoms with E-state index >= 15 is 0 Å². The fourth-order valence-corrected chi connectivity index (χ4v) is 4.09. The molecule has 0 radical (unpaired) electrons. The number of nitrogen functional groups attached to an aromatic ring is 1. The number of fused-ring (bicyclic) bond motifs is 1. The Kier molecular flexibility index (Phi) is 6.09. The third kappa shape index (κ3) is 4.42. The quantitative estimate of drug-likeness (QED) is 0.185. The van der Waals surface area contributed by atoms with Gasteiger partial charge in [0.2, 0.25) is 11.7 Å². The van der Waals surface area contributed by atoms with E-state index in [-0.39, 0.29) is 23.7 Å². The Morgan fingerprint density at radius 1 is 1.31 bits per heavy atom. The van der Waals surface area contributed by atoms with Crippen molar-refractivity contribution in [2.24, 2.45) is 0 Å². The van der Waals surface area contributed by atoms with Crippen molar-refractivity contribution in [3.05, 3.63) is 51.5 Å². The summed E-state index contributed by atoms with van der Waals surface area (Å²) in [4.78, 5) is 37.0. The van der Waals surface area contributed by atoms with Crippen LogP contribution in [0.4, 0.5) is 5.95 Å². The highest BCUT2D eigenvalue weighted by molar-refractivity contribution is 7.46. The number of hydrogen-bond acceptors (Lipinski definition) is 8. The molecule has 1 saturated heterocycles. The average molecular weight is 489 g/mol. The van der Waals surface area contributed by atoms with E-state index in [9.17, 15) is 19.6 Å². The van der Waals surface area contributed by atoms with E-state index < -0.39 is 44.5 Å². The van der Waals surface area contributed by atoms with E-state index in [2.05, 4.69) is 14.5 Å². The third-order valence-corrected chi connectivity index (χ3v) is 5.86. The van der Waals surface area contributed by atoms with Crippen LogP contribution in [0.2, 0.25) is 5.02 Å². The molecular weight excluding hydrogens is 469 g/mol. The molecule has 0 spiro atoms. The number of aliphatic hydroxyl groups is 2. The lowest BCUT2D eigenvalue weighted by atomic mass is 10.1. The van der Waals surface area contributed by atoms with Crippen molar-refractivity contribution >= 4 is 36.5 Å². The van der Waals surface area contributed by atoms with Crippen molar-refractivity contribution in [1.82, 2.24) is 14.5 Å². The highest BCUT2D eigenvalue weighted by atomic mass is 35.5. The molecule has 4 atom stereocenters. The van der Waals surface area contributed by atoms with Crippen LogP contribution in [-0.2, 0) is 20.4 Å². The van der Waals surface area contributed by atoms with E-state index in [4.69, 9.17) is 31.9 Å². The molecule has 0 amide bonds. The molecule has 1 aliphatic rings. The molecule has 15 heteroatoms. The second kappa shape index (κ2) is 8.54. The summed E-state index contributed by atoms with van der Waals surface area (Å²) >= 11 is 6.24. The Labute approximate surface area is 184 Å². The predicted octanol–water partition coefficient (Wildman–Crippen LogP) is -0.976. The van der Waals surface area contributed by atoms with Gasteiger partial charge in [-0.3, -0.25) is 18.9 Å². The van der Waals surface area contributed by atoms with Crippen LogP contribution in [0.15, 0.2) is 35.4 Å². The second-order valence-electron chi connectivity index (χ2n) is 7.20. The summed E-state index contributed by atoms with van der Waals surface area (Å²) in [7, 11) is -4.82. The molecule has 1 aromatic carbocycles. The minimum atomic E-state index is -4.82. The third-order valence-electron chi connectivity index (χ3n) is 5.01. The van der Waals surface area contributed by atoms with Crippen molar-refractivity contribution in [2.45, 2.75) is 31.1 Å². The number of benzene rings is 1. The lowest BCUT2D eigenvalue weighted by Crippen LogP contribution is -2.46. The van der Waals surface area contributed by atoms with Gasteiger partial charge in [0.05, 0.1) is 13.2 Å². The monoisotopic (exact) mass is 488 g/mol. The summed E-state index contributed by atoms with van der Waals surface area (Å²) in [6, 6.07) is 7.02. The molecule has 3 aromatic rings. The number of aliphatic hydroxyl groups excluding tert-OH is 2. The van der Waals surface area contributed by atoms with Crippen LogP contribution in [0.5, 0.6) is 0 Å². The maximum Gasteiger partial charge on any atom is 0.469 e. The molecule has 1 aliphatic heterocycles. The normalized spacial score (nSPS) is 23.8. The van der Waals surface area contributed by atoms with Crippen LogP contribution >= 0.6 is 19.4 Å². The van der Waals surface area contributed by atoms with Gasteiger partial charge in [0.25, 0.3) is 11.5 Å². The molecule has 0 saturated carbocycles. The number of aromatic nitrogens is 4. The molecule has 172 valence electrons. The first-order valence-electron chi connectivity index (χ1n) is 9.30. The topological polar surface area (TPSA) is 197 Å². The van der Waals surface area contributed by atoms with Crippen LogP contribution < -0.4 is 15.9 Å². The molecule has 2 aromatic heterocycles.